The van der Waals surface area contributed by atoms with Crippen LogP contribution in [-0.2, 0) is 14.3 Å². The van der Waals surface area contributed by atoms with Gasteiger partial charge in [0, 0.05) is 18.4 Å². The first kappa shape index (κ1) is 14.4. The third-order valence-electron chi connectivity index (χ3n) is 2.91. The van der Waals surface area contributed by atoms with Crippen molar-refractivity contribution in [2.24, 2.45) is 0 Å². The van der Waals surface area contributed by atoms with Gasteiger partial charge >= 0.3 is 11.9 Å². The smallest absolute Gasteiger partial charge is 0.340 e. The van der Waals surface area contributed by atoms with Crippen LogP contribution in [0.15, 0.2) is 23.8 Å². The molecule has 5 nitrogen and oxygen atoms in total. The van der Waals surface area contributed by atoms with Gasteiger partial charge < -0.3 is 14.9 Å². The Balaban J connectivity index is 2.62. The van der Waals surface area contributed by atoms with E-state index in [1.807, 2.05) is 0 Å². The summed E-state index contributed by atoms with van der Waals surface area (Å²) in [5.41, 5.74) is -0.0820. The van der Waals surface area contributed by atoms with Gasteiger partial charge in [0.05, 0.1) is 5.57 Å². The van der Waals surface area contributed by atoms with Gasteiger partial charge in [0.2, 0.25) is 5.79 Å². The summed E-state index contributed by atoms with van der Waals surface area (Å²) in [6.07, 6.45) is 4.58. The molecule has 18 heavy (non-hydrogen) atoms. The topological polar surface area (TPSA) is 83.8 Å². The number of carboxylic acids is 1. The van der Waals surface area contributed by atoms with Crippen LogP contribution in [0.3, 0.4) is 0 Å². The number of hydrogen-bond acceptors (Lipinski definition) is 4. The van der Waals surface area contributed by atoms with E-state index >= 15 is 0 Å². The molecule has 1 rings (SSSR count). The number of carbonyl (C=O) groups is 2. The lowest BCUT2D eigenvalue weighted by Gasteiger charge is -2.31. The molecule has 0 unspecified atom stereocenters. The van der Waals surface area contributed by atoms with Gasteiger partial charge in [-0.3, -0.25) is 0 Å². The third-order valence-corrected chi connectivity index (χ3v) is 2.91. The number of carboxylic acid groups (broad SMARTS) is 1. The highest BCUT2D eigenvalue weighted by molar-refractivity contribution is 5.95. The number of aliphatic carboxylic acids is 1. The normalized spacial score (nSPS) is 19.1. The van der Waals surface area contributed by atoms with E-state index in [1.165, 1.54) is 6.92 Å². The molecular weight excluding hydrogens is 236 g/mol. The van der Waals surface area contributed by atoms with Crippen LogP contribution in [-0.4, -0.2) is 27.9 Å². The Labute approximate surface area is 106 Å². The minimum Gasteiger partial charge on any atom is -0.478 e. The molecule has 5 heteroatoms. The third kappa shape index (κ3) is 4.00. The number of aliphatic hydroxyl groups is 1. The van der Waals surface area contributed by atoms with E-state index in [0.29, 0.717) is 12.8 Å². The second-order valence-corrected chi connectivity index (χ2v) is 4.55. The summed E-state index contributed by atoms with van der Waals surface area (Å²) in [6, 6.07) is 0. The van der Waals surface area contributed by atoms with Crippen molar-refractivity contribution in [2.75, 3.05) is 0 Å². The zero-order valence-corrected chi connectivity index (χ0v) is 10.4. The molecule has 0 aromatic carbocycles. The van der Waals surface area contributed by atoms with Crippen LogP contribution in [0.1, 0.15) is 39.0 Å². The summed E-state index contributed by atoms with van der Waals surface area (Å²) in [5, 5.41) is 18.7. The van der Waals surface area contributed by atoms with E-state index in [1.54, 1.807) is 0 Å². The molecule has 0 aliphatic heterocycles. The summed E-state index contributed by atoms with van der Waals surface area (Å²) >= 11 is 0. The van der Waals surface area contributed by atoms with E-state index in [4.69, 9.17) is 9.84 Å². The van der Waals surface area contributed by atoms with Crippen LogP contribution in [0.4, 0.5) is 0 Å². The highest BCUT2D eigenvalue weighted by atomic mass is 16.7. The maximum atomic E-state index is 11.7. The van der Waals surface area contributed by atoms with Crippen LogP contribution in [0.2, 0.25) is 0 Å². The van der Waals surface area contributed by atoms with Crippen molar-refractivity contribution in [3.05, 3.63) is 23.8 Å². The fourth-order valence-corrected chi connectivity index (χ4v) is 1.83. The molecule has 0 bridgehead atoms. The maximum absolute atomic E-state index is 11.7. The van der Waals surface area contributed by atoms with E-state index < -0.39 is 17.7 Å². The zero-order valence-electron chi connectivity index (χ0n) is 10.4. The van der Waals surface area contributed by atoms with Gasteiger partial charge in [-0.25, -0.2) is 9.59 Å². The fourth-order valence-electron chi connectivity index (χ4n) is 1.83. The SMILES string of the molecule is C=C(C=C(C)C(=O)O)C(=O)OC1(O)CCCCC1. The van der Waals surface area contributed by atoms with Gasteiger partial charge in [0.15, 0.2) is 0 Å². The number of carbonyl (C=O) groups excluding carboxylic acids is 1. The highest BCUT2D eigenvalue weighted by Gasteiger charge is 2.33. The molecule has 100 valence electrons. The largest absolute Gasteiger partial charge is 0.478 e. The van der Waals surface area contributed by atoms with Crippen molar-refractivity contribution in [1.29, 1.82) is 0 Å². The molecule has 1 aliphatic rings. The molecular formula is C13H18O5. The standard InChI is InChI=1S/C13H18O5/c1-9(11(14)15)8-10(2)12(16)18-13(17)6-4-3-5-7-13/h8,17H,2-7H2,1H3,(H,14,15). The van der Waals surface area contributed by atoms with Crippen molar-refractivity contribution >= 4 is 11.9 Å². The molecule has 0 atom stereocenters. The van der Waals surface area contributed by atoms with Gasteiger partial charge in [-0.1, -0.05) is 13.0 Å². The Morgan fingerprint density at radius 2 is 1.83 bits per heavy atom. The van der Waals surface area contributed by atoms with Gasteiger partial charge in [-0.15, -0.1) is 0 Å². The highest BCUT2D eigenvalue weighted by Crippen LogP contribution is 2.29. The van der Waals surface area contributed by atoms with Gasteiger partial charge in [0.1, 0.15) is 0 Å². The Bertz CT molecular complexity index is 388. The van der Waals surface area contributed by atoms with Crippen LogP contribution in [0, 0.1) is 0 Å². The molecule has 0 saturated heterocycles. The Morgan fingerprint density at radius 3 is 2.33 bits per heavy atom. The average molecular weight is 254 g/mol. The molecule has 0 heterocycles. The number of rotatable bonds is 4. The van der Waals surface area contributed by atoms with Crippen molar-refractivity contribution in [3.8, 4) is 0 Å². The molecule has 2 N–H and O–H groups in total. The van der Waals surface area contributed by atoms with Crippen LogP contribution in [0.5, 0.6) is 0 Å². The number of ether oxygens (including phenoxy) is 1. The molecule has 0 radical (unpaired) electrons. The van der Waals surface area contributed by atoms with Gasteiger partial charge in [-0.05, 0) is 25.8 Å². The van der Waals surface area contributed by atoms with E-state index in [2.05, 4.69) is 6.58 Å². The van der Waals surface area contributed by atoms with Crippen molar-refractivity contribution in [3.63, 3.8) is 0 Å². The molecule has 0 aromatic heterocycles. The number of esters is 1. The van der Waals surface area contributed by atoms with Gasteiger partial charge in [-0.2, -0.15) is 0 Å². The molecule has 1 fully saturated rings. The van der Waals surface area contributed by atoms with Crippen LogP contribution >= 0.6 is 0 Å². The summed E-state index contributed by atoms with van der Waals surface area (Å²) < 4.78 is 5.00. The molecule has 1 aliphatic carbocycles. The molecule has 0 aromatic rings. The quantitative estimate of drug-likeness (QED) is 0.346. The van der Waals surface area contributed by atoms with Crippen LogP contribution < -0.4 is 0 Å². The number of hydrogen-bond donors (Lipinski definition) is 2. The lowest BCUT2D eigenvalue weighted by Crippen LogP contribution is -2.37. The molecule has 1 saturated carbocycles. The second-order valence-electron chi connectivity index (χ2n) is 4.55. The summed E-state index contributed by atoms with van der Waals surface area (Å²) in [7, 11) is 0. The predicted molar refractivity (Wildman–Crippen MR) is 64.7 cm³/mol. The summed E-state index contributed by atoms with van der Waals surface area (Å²) in [6.45, 7) is 4.81. The zero-order chi connectivity index (χ0) is 13.8. The maximum Gasteiger partial charge on any atom is 0.340 e. The Kier molecular flexibility index (Phi) is 4.67. The second kappa shape index (κ2) is 5.82. The van der Waals surface area contributed by atoms with Crippen molar-refractivity contribution in [1.82, 2.24) is 0 Å². The van der Waals surface area contributed by atoms with Crippen molar-refractivity contribution < 1.29 is 24.5 Å². The first-order chi connectivity index (χ1) is 8.34. The van der Waals surface area contributed by atoms with Gasteiger partial charge in [0.25, 0.3) is 0 Å². The lowest BCUT2D eigenvalue weighted by molar-refractivity contribution is -0.216. The van der Waals surface area contributed by atoms with E-state index in [9.17, 15) is 14.7 Å². The predicted octanol–water partition coefficient (Wildman–Crippen LogP) is 1.77. The van der Waals surface area contributed by atoms with E-state index in [-0.39, 0.29) is 11.1 Å². The Hall–Kier alpha value is -1.62. The molecule has 0 amide bonds. The Morgan fingerprint density at radius 1 is 1.28 bits per heavy atom. The lowest BCUT2D eigenvalue weighted by atomic mass is 9.94. The summed E-state index contributed by atoms with van der Waals surface area (Å²) in [4.78, 5) is 22.3. The molecule has 0 spiro atoms. The average Bonchev–Trinajstić information content (AvgIpc) is 2.28. The first-order valence-electron chi connectivity index (χ1n) is 5.90. The first-order valence-corrected chi connectivity index (χ1v) is 5.90. The van der Waals surface area contributed by atoms with Crippen molar-refractivity contribution in [2.45, 2.75) is 44.8 Å². The fraction of sp³-hybridized carbons (Fsp3) is 0.538. The minimum atomic E-state index is -1.43. The minimum absolute atomic E-state index is 0.00687. The monoisotopic (exact) mass is 254 g/mol. The summed E-state index contributed by atoms with van der Waals surface area (Å²) in [5.74, 6) is -3.33. The van der Waals surface area contributed by atoms with Crippen LogP contribution in [0.25, 0.3) is 0 Å². The van der Waals surface area contributed by atoms with E-state index in [0.717, 1.165) is 25.3 Å².